The summed E-state index contributed by atoms with van der Waals surface area (Å²) in [7, 11) is 6.25. The third-order valence-corrected chi connectivity index (χ3v) is 3.78. The second-order valence-electron chi connectivity index (χ2n) is 5.24. The first kappa shape index (κ1) is 18.4. The molecule has 0 saturated carbocycles. The zero-order chi connectivity index (χ0) is 18.2. The number of methoxy groups -OCH3 is 4. The van der Waals surface area contributed by atoms with Crippen molar-refractivity contribution in [2.75, 3.05) is 35.0 Å². The van der Waals surface area contributed by atoms with Crippen LogP contribution in [0.2, 0.25) is 0 Å². The predicted molar refractivity (Wildman–Crippen MR) is 95.1 cm³/mol. The minimum atomic E-state index is -0.176. The molecule has 0 aliphatic heterocycles. The van der Waals surface area contributed by atoms with Gasteiger partial charge in [0.1, 0.15) is 5.75 Å². The second kappa shape index (κ2) is 8.82. The fourth-order valence-corrected chi connectivity index (χ4v) is 2.53. The lowest BCUT2D eigenvalue weighted by molar-refractivity contribution is 0.0951. The zero-order valence-electron chi connectivity index (χ0n) is 14.9. The Labute approximate surface area is 147 Å². The molecule has 2 rings (SSSR count). The molecule has 0 saturated heterocycles. The number of hydrogen-bond donors (Lipinski definition) is 1. The smallest absolute Gasteiger partial charge is 0.255 e. The first-order chi connectivity index (χ1) is 12.1. The molecule has 134 valence electrons. The molecule has 25 heavy (non-hydrogen) atoms. The van der Waals surface area contributed by atoms with Crippen molar-refractivity contribution in [2.45, 2.75) is 6.42 Å². The maximum Gasteiger partial charge on any atom is 0.255 e. The number of ether oxygens (including phenoxy) is 4. The van der Waals surface area contributed by atoms with Gasteiger partial charge in [-0.3, -0.25) is 4.79 Å². The summed E-state index contributed by atoms with van der Waals surface area (Å²) >= 11 is 0. The first-order valence-electron chi connectivity index (χ1n) is 7.84. The summed E-state index contributed by atoms with van der Waals surface area (Å²) in [6.07, 6.45) is 0.623. The summed E-state index contributed by atoms with van der Waals surface area (Å²) in [4.78, 5) is 12.3. The van der Waals surface area contributed by atoms with Gasteiger partial charge in [-0.1, -0.05) is 12.1 Å². The number of rotatable bonds is 8. The van der Waals surface area contributed by atoms with Gasteiger partial charge in [0.25, 0.3) is 5.91 Å². The molecule has 0 aliphatic rings. The molecule has 0 bridgehead atoms. The third-order valence-electron chi connectivity index (χ3n) is 3.78. The number of nitrogens with one attached hydrogen (secondary N) is 1. The fourth-order valence-electron chi connectivity index (χ4n) is 2.53. The van der Waals surface area contributed by atoms with E-state index < -0.39 is 0 Å². The number of para-hydroxylation sites is 1. The summed E-state index contributed by atoms with van der Waals surface area (Å²) in [5, 5.41) is 2.89. The molecule has 1 N–H and O–H groups in total. The van der Waals surface area contributed by atoms with E-state index in [0.717, 1.165) is 5.56 Å². The largest absolute Gasteiger partial charge is 0.496 e. The average molecular weight is 345 g/mol. The monoisotopic (exact) mass is 345 g/mol. The lowest BCUT2D eigenvalue weighted by Gasteiger charge is -2.14. The number of benzene rings is 2. The Bertz CT molecular complexity index is 704. The van der Waals surface area contributed by atoms with Gasteiger partial charge in [0.2, 0.25) is 5.75 Å². The first-order valence-corrected chi connectivity index (χ1v) is 7.84. The highest BCUT2D eigenvalue weighted by Crippen LogP contribution is 2.38. The molecule has 0 heterocycles. The van der Waals surface area contributed by atoms with Crippen molar-refractivity contribution in [3.63, 3.8) is 0 Å². The summed E-state index contributed by atoms with van der Waals surface area (Å²) < 4.78 is 21.2. The van der Waals surface area contributed by atoms with Gasteiger partial charge in [-0.05, 0) is 36.2 Å². The minimum absolute atomic E-state index is 0.176. The van der Waals surface area contributed by atoms with Crippen LogP contribution in [-0.4, -0.2) is 40.9 Å². The van der Waals surface area contributed by atoms with Crippen LogP contribution < -0.4 is 24.3 Å². The summed E-state index contributed by atoms with van der Waals surface area (Å²) in [5.41, 5.74) is 1.48. The summed E-state index contributed by atoms with van der Waals surface area (Å²) in [5.74, 6) is 2.10. The Kier molecular flexibility index (Phi) is 6.51. The Morgan fingerprint density at radius 3 is 2.04 bits per heavy atom. The fraction of sp³-hybridized carbons (Fsp3) is 0.316. The molecule has 2 aromatic carbocycles. The molecule has 0 aliphatic carbocycles. The highest BCUT2D eigenvalue weighted by molar-refractivity contribution is 5.96. The topological polar surface area (TPSA) is 66.0 Å². The standard InChI is InChI=1S/C19H23NO5/c1-22-15-8-6-5-7-14(15)19(21)20-10-9-13-11-16(23-2)18(25-4)17(12-13)24-3/h5-8,11-12H,9-10H2,1-4H3,(H,20,21). The second-order valence-corrected chi connectivity index (χ2v) is 5.24. The van der Waals surface area contributed by atoms with Gasteiger partial charge in [0.05, 0.1) is 34.0 Å². The maximum absolute atomic E-state index is 12.3. The van der Waals surface area contributed by atoms with Crippen molar-refractivity contribution in [3.8, 4) is 23.0 Å². The molecular formula is C19H23NO5. The lowest BCUT2D eigenvalue weighted by atomic mass is 10.1. The van der Waals surface area contributed by atoms with E-state index in [-0.39, 0.29) is 5.91 Å². The molecule has 0 atom stereocenters. The van der Waals surface area contributed by atoms with E-state index in [2.05, 4.69) is 5.32 Å². The minimum Gasteiger partial charge on any atom is -0.496 e. The molecule has 0 aromatic heterocycles. The van der Waals surface area contributed by atoms with E-state index in [1.165, 1.54) is 0 Å². The van der Waals surface area contributed by atoms with Crippen LogP contribution in [0.15, 0.2) is 36.4 Å². The zero-order valence-corrected chi connectivity index (χ0v) is 14.9. The van der Waals surface area contributed by atoms with Gasteiger partial charge < -0.3 is 24.3 Å². The van der Waals surface area contributed by atoms with E-state index in [9.17, 15) is 4.79 Å². The molecule has 6 heteroatoms. The molecule has 2 aromatic rings. The van der Waals surface area contributed by atoms with Crippen molar-refractivity contribution in [1.29, 1.82) is 0 Å². The highest BCUT2D eigenvalue weighted by atomic mass is 16.5. The molecule has 0 unspecified atom stereocenters. The molecule has 0 fully saturated rings. The molecule has 0 radical (unpaired) electrons. The van der Waals surface area contributed by atoms with Crippen molar-refractivity contribution in [3.05, 3.63) is 47.5 Å². The van der Waals surface area contributed by atoms with Crippen LogP contribution in [0.25, 0.3) is 0 Å². The van der Waals surface area contributed by atoms with Crippen LogP contribution in [-0.2, 0) is 6.42 Å². The number of amides is 1. The van der Waals surface area contributed by atoms with Crippen molar-refractivity contribution in [1.82, 2.24) is 5.32 Å². The normalized spacial score (nSPS) is 10.1. The van der Waals surface area contributed by atoms with Gasteiger partial charge in [0, 0.05) is 6.54 Å². The van der Waals surface area contributed by atoms with Gasteiger partial charge >= 0.3 is 0 Å². The third kappa shape index (κ3) is 4.35. The Hall–Kier alpha value is -2.89. The number of carbonyl (C=O) groups is 1. The van der Waals surface area contributed by atoms with E-state index >= 15 is 0 Å². The van der Waals surface area contributed by atoms with E-state index in [1.54, 1.807) is 46.6 Å². The predicted octanol–water partition coefficient (Wildman–Crippen LogP) is 2.69. The Morgan fingerprint density at radius 2 is 1.48 bits per heavy atom. The Morgan fingerprint density at radius 1 is 0.880 bits per heavy atom. The molecular weight excluding hydrogens is 322 g/mol. The van der Waals surface area contributed by atoms with E-state index in [1.807, 2.05) is 18.2 Å². The summed E-state index contributed by atoms with van der Waals surface area (Å²) in [6.45, 7) is 0.468. The van der Waals surface area contributed by atoms with Crippen molar-refractivity contribution >= 4 is 5.91 Å². The van der Waals surface area contributed by atoms with Crippen LogP contribution in [0.1, 0.15) is 15.9 Å². The quantitative estimate of drug-likeness (QED) is 0.797. The van der Waals surface area contributed by atoms with Gasteiger partial charge in [0.15, 0.2) is 11.5 Å². The van der Waals surface area contributed by atoms with Crippen LogP contribution in [0, 0.1) is 0 Å². The van der Waals surface area contributed by atoms with E-state index in [4.69, 9.17) is 18.9 Å². The van der Waals surface area contributed by atoms with Crippen LogP contribution >= 0.6 is 0 Å². The number of hydrogen-bond acceptors (Lipinski definition) is 5. The van der Waals surface area contributed by atoms with Gasteiger partial charge in [-0.25, -0.2) is 0 Å². The lowest BCUT2D eigenvalue weighted by Crippen LogP contribution is -2.26. The van der Waals surface area contributed by atoms with Crippen molar-refractivity contribution in [2.24, 2.45) is 0 Å². The highest BCUT2D eigenvalue weighted by Gasteiger charge is 2.14. The van der Waals surface area contributed by atoms with Gasteiger partial charge in [-0.15, -0.1) is 0 Å². The number of carbonyl (C=O) groups excluding carboxylic acids is 1. The SMILES string of the molecule is COc1ccccc1C(=O)NCCc1cc(OC)c(OC)c(OC)c1. The maximum atomic E-state index is 12.3. The molecule has 0 spiro atoms. The Balaban J connectivity index is 2.05. The van der Waals surface area contributed by atoms with Crippen molar-refractivity contribution < 1.29 is 23.7 Å². The van der Waals surface area contributed by atoms with Crippen LogP contribution in [0.3, 0.4) is 0 Å². The molecule has 6 nitrogen and oxygen atoms in total. The molecule has 1 amide bonds. The summed E-state index contributed by atoms with van der Waals surface area (Å²) in [6, 6.07) is 10.9. The van der Waals surface area contributed by atoms with E-state index in [0.29, 0.717) is 41.5 Å². The van der Waals surface area contributed by atoms with Crippen LogP contribution in [0.4, 0.5) is 0 Å². The van der Waals surface area contributed by atoms with Gasteiger partial charge in [-0.2, -0.15) is 0 Å². The average Bonchev–Trinajstić information content (AvgIpc) is 2.66. The van der Waals surface area contributed by atoms with Crippen LogP contribution in [0.5, 0.6) is 23.0 Å².